The van der Waals surface area contributed by atoms with Gasteiger partial charge in [0.25, 0.3) is 0 Å². The summed E-state index contributed by atoms with van der Waals surface area (Å²) in [6, 6.07) is 17.4. The number of nitrogens with one attached hydrogen (secondary N) is 1. The van der Waals surface area contributed by atoms with Crippen molar-refractivity contribution in [2.24, 2.45) is 10.2 Å². The predicted molar refractivity (Wildman–Crippen MR) is 126 cm³/mol. The van der Waals surface area contributed by atoms with Crippen LogP contribution in [-0.4, -0.2) is 28.2 Å². The van der Waals surface area contributed by atoms with Crippen LogP contribution in [0.3, 0.4) is 0 Å². The molecular weight excluding hydrogens is 475 g/mol. The Morgan fingerprint density at radius 1 is 0.972 bits per heavy atom. The quantitative estimate of drug-likeness (QED) is 0.268. The maximum absolute atomic E-state index is 12.8. The zero-order valence-electron chi connectivity index (χ0n) is 18.7. The second-order valence-electron chi connectivity index (χ2n) is 7.37. The SMILES string of the molecule is COc1ccc(C(=O)O)cc1/N=N/c1ccccc1-c1ccnc(Nc2ccc(C(F)(F)F)cc2)n1. The third-order valence-electron chi connectivity index (χ3n) is 5.00. The number of alkyl halides is 3. The lowest BCUT2D eigenvalue weighted by atomic mass is 10.1. The van der Waals surface area contributed by atoms with Crippen molar-refractivity contribution < 1.29 is 27.8 Å². The molecule has 0 aliphatic carbocycles. The predicted octanol–water partition coefficient (Wildman–Crippen LogP) is 7.03. The Morgan fingerprint density at radius 3 is 2.39 bits per heavy atom. The molecule has 0 aliphatic heterocycles. The largest absolute Gasteiger partial charge is 0.494 e. The lowest BCUT2D eigenvalue weighted by molar-refractivity contribution is -0.137. The topological polar surface area (TPSA) is 109 Å². The maximum Gasteiger partial charge on any atom is 0.416 e. The fourth-order valence-corrected chi connectivity index (χ4v) is 3.23. The number of nitrogens with zero attached hydrogens (tertiary/aromatic N) is 4. The number of anilines is 2. The third kappa shape index (κ3) is 5.63. The number of aromatic carboxylic acids is 1. The monoisotopic (exact) mass is 493 g/mol. The summed E-state index contributed by atoms with van der Waals surface area (Å²) in [6.07, 6.45) is -2.92. The molecule has 11 heteroatoms. The number of carboxylic acid groups (broad SMARTS) is 1. The lowest BCUT2D eigenvalue weighted by Gasteiger charge is -2.10. The molecule has 1 heterocycles. The number of halogens is 3. The van der Waals surface area contributed by atoms with Crippen molar-refractivity contribution in [1.29, 1.82) is 0 Å². The van der Waals surface area contributed by atoms with Crippen LogP contribution < -0.4 is 10.1 Å². The Balaban J connectivity index is 1.62. The van der Waals surface area contributed by atoms with Crippen LogP contribution in [0.5, 0.6) is 5.75 Å². The number of ether oxygens (including phenoxy) is 1. The molecule has 0 saturated carbocycles. The smallest absolute Gasteiger partial charge is 0.416 e. The number of hydrogen-bond acceptors (Lipinski definition) is 7. The normalized spacial score (nSPS) is 11.4. The van der Waals surface area contributed by atoms with Gasteiger partial charge in [0, 0.05) is 17.4 Å². The molecule has 36 heavy (non-hydrogen) atoms. The summed E-state index contributed by atoms with van der Waals surface area (Å²) in [5.41, 5.74) is 1.44. The van der Waals surface area contributed by atoms with Gasteiger partial charge < -0.3 is 15.2 Å². The van der Waals surface area contributed by atoms with Gasteiger partial charge in [0.2, 0.25) is 5.95 Å². The van der Waals surface area contributed by atoms with Crippen molar-refractivity contribution >= 4 is 29.0 Å². The van der Waals surface area contributed by atoms with E-state index < -0.39 is 17.7 Å². The van der Waals surface area contributed by atoms with Gasteiger partial charge in [-0.3, -0.25) is 0 Å². The lowest BCUT2D eigenvalue weighted by Crippen LogP contribution is -2.04. The number of aromatic nitrogens is 2. The number of rotatable bonds is 7. The van der Waals surface area contributed by atoms with E-state index in [4.69, 9.17) is 4.74 Å². The molecule has 182 valence electrons. The summed E-state index contributed by atoms with van der Waals surface area (Å²) in [7, 11) is 1.44. The molecule has 0 fully saturated rings. The number of hydrogen-bond donors (Lipinski definition) is 2. The first-order chi connectivity index (χ1) is 17.2. The summed E-state index contributed by atoms with van der Waals surface area (Å²) in [4.78, 5) is 19.9. The molecule has 0 unspecified atom stereocenters. The van der Waals surface area contributed by atoms with Crippen molar-refractivity contribution in [3.05, 3.63) is 90.1 Å². The standard InChI is InChI=1S/C25H18F3N5O3/c1-36-22-11-6-15(23(34)35)14-21(22)33-32-20-5-3-2-4-18(20)19-12-13-29-24(31-19)30-17-9-7-16(8-10-17)25(26,27)28/h2-14H,1H3,(H,34,35)(H,29,30,31)/b33-32+. The van der Waals surface area contributed by atoms with Gasteiger partial charge in [-0.2, -0.15) is 13.2 Å². The number of azo groups is 1. The van der Waals surface area contributed by atoms with E-state index in [-0.39, 0.29) is 17.2 Å². The van der Waals surface area contributed by atoms with Gasteiger partial charge in [-0.25, -0.2) is 14.8 Å². The zero-order chi connectivity index (χ0) is 25.7. The molecule has 0 amide bonds. The molecule has 0 bridgehead atoms. The number of benzene rings is 3. The highest BCUT2D eigenvalue weighted by molar-refractivity contribution is 5.89. The Morgan fingerprint density at radius 2 is 1.69 bits per heavy atom. The van der Waals surface area contributed by atoms with E-state index >= 15 is 0 Å². The molecule has 4 aromatic rings. The van der Waals surface area contributed by atoms with E-state index in [9.17, 15) is 23.1 Å². The van der Waals surface area contributed by atoms with Crippen LogP contribution in [0.15, 0.2) is 89.2 Å². The first-order valence-corrected chi connectivity index (χ1v) is 10.4. The second-order valence-corrected chi connectivity index (χ2v) is 7.37. The Hall–Kier alpha value is -4.80. The Bertz CT molecular complexity index is 1420. The minimum atomic E-state index is -4.42. The second kappa shape index (κ2) is 10.2. The molecule has 0 saturated heterocycles. The van der Waals surface area contributed by atoms with Gasteiger partial charge in [-0.15, -0.1) is 10.2 Å². The first kappa shape index (κ1) is 24.3. The highest BCUT2D eigenvalue weighted by Gasteiger charge is 2.29. The molecule has 3 aromatic carbocycles. The van der Waals surface area contributed by atoms with Crippen LogP contribution in [0.1, 0.15) is 15.9 Å². The van der Waals surface area contributed by atoms with Crippen LogP contribution >= 0.6 is 0 Å². The van der Waals surface area contributed by atoms with Gasteiger partial charge in [0.1, 0.15) is 11.4 Å². The van der Waals surface area contributed by atoms with E-state index in [1.165, 1.54) is 43.6 Å². The molecule has 0 aliphatic rings. The molecule has 4 rings (SSSR count). The summed E-state index contributed by atoms with van der Waals surface area (Å²) in [5, 5.41) is 20.6. The van der Waals surface area contributed by atoms with Gasteiger partial charge in [0.15, 0.2) is 0 Å². The number of methoxy groups -OCH3 is 1. The molecule has 0 radical (unpaired) electrons. The van der Waals surface area contributed by atoms with Crippen molar-refractivity contribution in [3.8, 4) is 17.0 Å². The maximum atomic E-state index is 12.8. The summed E-state index contributed by atoms with van der Waals surface area (Å²) in [6.45, 7) is 0. The van der Waals surface area contributed by atoms with Gasteiger partial charge >= 0.3 is 12.1 Å². The van der Waals surface area contributed by atoms with Crippen molar-refractivity contribution in [1.82, 2.24) is 9.97 Å². The zero-order valence-corrected chi connectivity index (χ0v) is 18.7. The minimum Gasteiger partial charge on any atom is -0.494 e. The number of carboxylic acids is 1. The summed E-state index contributed by atoms with van der Waals surface area (Å²) in [5.74, 6) is -0.579. The van der Waals surface area contributed by atoms with Crippen LogP contribution in [0.4, 0.5) is 36.2 Å². The molecule has 8 nitrogen and oxygen atoms in total. The van der Waals surface area contributed by atoms with Crippen molar-refractivity contribution in [2.45, 2.75) is 6.18 Å². The van der Waals surface area contributed by atoms with Crippen LogP contribution in [0.25, 0.3) is 11.3 Å². The highest BCUT2D eigenvalue weighted by atomic mass is 19.4. The third-order valence-corrected chi connectivity index (χ3v) is 5.00. The van der Waals surface area contributed by atoms with Crippen LogP contribution in [0.2, 0.25) is 0 Å². The Kier molecular flexibility index (Phi) is 6.91. The fraction of sp³-hybridized carbons (Fsp3) is 0.0800. The van der Waals surface area contributed by atoms with Crippen LogP contribution in [-0.2, 0) is 6.18 Å². The van der Waals surface area contributed by atoms with Crippen molar-refractivity contribution in [3.63, 3.8) is 0 Å². The highest BCUT2D eigenvalue weighted by Crippen LogP contribution is 2.34. The van der Waals surface area contributed by atoms with Gasteiger partial charge in [0.05, 0.1) is 29.6 Å². The van der Waals surface area contributed by atoms with E-state index in [0.717, 1.165) is 12.1 Å². The van der Waals surface area contributed by atoms with E-state index in [0.29, 0.717) is 28.4 Å². The molecule has 0 spiro atoms. The summed E-state index contributed by atoms with van der Waals surface area (Å²) >= 11 is 0. The molecule has 0 atom stereocenters. The number of carbonyl (C=O) groups is 1. The average Bonchev–Trinajstić information content (AvgIpc) is 2.87. The van der Waals surface area contributed by atoms with Crippen molar-refractivity contribution in [2.75, 3.05) is 12.4 Å². The minimum absolute atomic E-state index is 0.0350. The fourth-order valence-electron chi connectivity index (χ4n) is 3.23. The van der Waals surface area contributed by atoms with E-state index in [2.05, 4.69) is 25.5 Å². The van der Waals surface area contributed by atoms with Gasteiger partial charge in [-0.1, -0.05) is 18.2 Å². The molecule has 1 aromatic heterocycles. The average molecular weight is 493 g/mol. The van der Waals surface area contributed by atoms with E-state index in [1.54, 1.807) is 30.3 Å². The molecule has 2 N–H and O–H groups in total. The summed E-state index contributed by atoms with van der Waals surface area (Å²) < 4.78 is 43.6. The van der Waals surface area contributed by atoms with E-state index in [1.807, 2.05) is 0 Å². The van der Waals surface area contributed by atoms with Gasteiger partial charge in [-0.05, 0) is 54.6 Å². The Labute approximate surface area is 203 Å². The van der Waals surface area contributed by atoms with Crippen LogP contribution in [0, 0.1) is 0 Å². The molecular formula is C25H18F3N5O3. The first-order valence-electron chi connectivity index (χ1n) is 10.4.